The van der Waals surface area contributed by atoms with E-state index in [0.29, 0.717) is 11.8 Å². The maximum absolute atomic E-state index is 12.6. The molecule has 0 saturated heterocycles. The van der Waals surface area contributed by atoms with Gasteiger partial charge in [0.05, 0.1) is 11.4 Å². The highest BCUT2D eigenvalue weighted by Gasteiger charge is 2.58. The fourth-order valence-electron chi connectivity index (χ4n) is 3.80. The van der Waals surface area contributed by atoms with E-state index < -0.39 is 0 Å². The average Bonchev–Trinajstić information content (AvgIpc) is 2.89. The molecule has 1 aromatic carbocycles. The lowest BCUT2D eigenvalue weighted by Crippen LogP contribution is -2.43. The molecular formula is C15H16N2O2. The van der Waals surface area contributed by atoms with Gasteiger partial charge in [-0.1, -0.05) is 18.6 Å². The van der Waals surface area contributed by atoms with E-state index in [1.54, 1.807) is 4.90 Å². The molecule has 0 radical (unpaired) electrons. The van der Waals surface area contributed by atoms with Crippen LogP contribution >= 0.6 is 0 Å². The third-order valence-electron chi connectivity index (χ3n) is 4.73. The summed E-state index contributed by atoms with van der Waals surface area (Å²) in [5.41, 5.74) is 1.59. The Balaban J connectivity index is 1.64. The summed E-state index contributed by atoms with van der Waals surface area (Å²) in [6.45, 7) is 0.159. The summed E-state index contributed by atoms with van der Waals surface area (Å²) in [5, 5.41) is 2.82. The molecule has 2 atom stereocenters. The highest BCUT2D eigenvalue weighted by atomic mass is 16.2. The lowest BCUT2D eigenvalue weighted by molar-refractivity contribution is -0.123. The molecule has 1 aromatic rings. The Bertz CT molecular complexity index is 559. The topological polar surface area (TPSA) is 49.4 Å². The van der Waals surface area contributed by atoms with Crippen LogP contribution < -0.4 is 10.2 Å². The van der Waals surface area contributed by atoms with Gasteiger partial charge in [-0.3, -0.25) is 9.59 Å². The molecule has 0 spiro atoms. The van der Waals surface area contributed by atoms with Gasteiger partial charge < -0.3 is 10.2 Å². The first-order valence-electron chi connectivity index (χ1n) is 6.96. The summed E-state index contributed by atoms with van der Waals surface area (Å²) in [4.78, 5) is 26.0. The van der Waals surface area contributed by atoms with Gasteiger partial charge in [0.1, 0.15) is 6.54 Å². The molecule has 0 aromatic heterocycles. The third-order valence-corrected chi connectivity index (χ3v) is 4.73. The Hall–Kier alpha value is -1.84. The average molecular weight is 256 g/mol. The van der Waals surface area contributed by atoms with Crippen molar-refractivity contribution in [2.45, 2.75) is 19.3 Å². The molecule has 4 nitrogen and oxygen atoms in total. The lowest BCUT2D eigenvalue weighted by atomic mass is 10.1. The minimum atomic E-state index is -0.0992. The van der Waals surface area contributed by atoms with E-state index in [1.165, 1.54) is 19.3 Å². The summed E-state index contributed by atoms with van der Waals surface area (Å²) < 4.78 is 0. The molecule has 19 heavy (non-hydrogen) atoms. The molecule has 4 rings (SSSR count). The predicted molar refractivity (Wildman–Crippen MR) is 71.7 cm³/mol. The molecule has 1 N–H and O–H groups in total. The maximum atomic E-state index is 12.6. The Morgan fingerprint density at radius 3 is 2.74 bits per heavy atom. The highest BCUT2D eigenvalue weighted by Crippen LogP contribution is 2.58. The zero-order valence-corrected chi connectivity index (χ0v) is 10.6. The van der Waals surface area contributed by atoms with Crippen molar-refractivity contribution in [3.63, 3.8) is 0 Å². The first-order valence-corrected chi connectivity index (χ1v) is 6.96. The van der Waals surface area contributed by atoms with Crippen molar-refractivity contribution in [2.75, 3.05) is 16.8 Å². The van der Waals surface area contributed by atoms with Crippen molar-refractivity contribution in [2.24, 2.45) is 17.8 Å². The van der Waals surface area contributed by atoms with Crippen molar-refractivity contribution in [1.29, 1.82) is 0 Å². The highest BCUT2D eigenvalue weighted by molar-refractivity contribution is 6.11. The number of fused-ring (bicyclic) bond motifs is 2. The smallest absolute Gasteiger partial charge is 0.244 e. The fourth-order valence-corrected chi connectivity index (χ4v) is 3.80. The number of carbonyl (C=O) groups excluding carboxylic acids is 2. The second kappa shape index (κ2) is 3.83. The van der Waals surface area contributed by atoms with Gasteiger partial charge in [-0.15, -0.1) is 0 Å². The fraction of sp³-hybridized carbons (Fsp3) is 0.467. The van der Waals surface area contributed by atoms with E-state index in [0.717, 1.165) is 11.4 Å². The predicted octanol–water partition coefficient (Wildman–Crippen LogP) is 2.02. The molecule has 4 heteroatoms. The number of carbonyl (C=O) groups is 2. The number of hydrogen-bond donors (Lipinski definition) is 1. The van der Waals surface area contributed by atoms with Crippen LogP contribution in [0, 0.1) is 17.8 Å². The van der Waals surface area contributed by atoms with Gasteiger partial charge >= 0.3 is 0 Å². The molecule has 2 unspecified atom stereocenters. The zero-order chi connectivity index (χ0) is 13.0. The number of nitrogens with one attached hydrogen (secondary N) is 1. The van der Waals surface area contributed by atoms with Crippen LogP contribution in [0.5, 0.6) is 0 Å². The van der Waals surface area contributed by atoms with E-state index in [4.69, 9.17) is 0 Å². The second-order valence-electron chi connectivity index (χ2n) is 5.77. The van der Waals surface area contributed by atoms with Gasteiger partial charge in [-0.25, -0.2) is 0 Å². The van der Waals surface area contributed by atoms with E-state index in [2.05, 4.69) is 5.32 Å². The van der Waals surface area contributed by atoms with Gasteiger partial charge in [0, 0.05) is 5.92 Å². The van der Waals surface area contributed by atoms with Gasteiger partial charge in [-0.05, 0) is 36.8 Å². The minimum Gasteiger partial charge on any atom is -0.323 e. The Morgan fingerprint density at radius 2 is 1.95 bits per heavy atom. The molecule has 2 amide bonds. The van der Waals surface area contributed by atoms with Crippen molar-refractivity contribution in [3.8, 4) is 0 Å². The van der Waals surface area contributed by atoms with Crippen LogP contribution in [0.25, 0.3) is 0 Å². The molecule has 2 saturated carbocycles. The van der Waals surface area contributed by atoms with E-state index in [-0.39, 0.29) is 24.3 Å². The number of amides is 2. The van der Waals surface area contributed by atoms with Crippen molar-refractivity contribution in [3.05, 3.63) is 24.3 Å². The van der Waals surface area contributed by atoms with Gasteiger partial charge in [0.15, 0.2) is 0 Å². The summed E-state index contributed by atoms with van der Waals surface area (Å²) in [5.74, 6) is 1.40. The summed E-state index contributed by atoms with van der Waals surface area (Å²) in [6.07, 6.45) is 3.63. The number of nitrogens with zero attached hydrogens (tertiary/aromatic N) is 1. The van der Waals surface area contributed by atoms with E-state index >= 15 is 0 Å². The molecule has 2 fully saturated rings. The molecule has 98 valence electrons. The molecular weight excluding hydrogens is 240 g/mol. The Morgan fingerprint density at radius 1 is 1.21 bits per heavy atom. The quantitative estimate of drug-likeness (QED) is 0.835. The van der Waals surface area contributed by atoms with Crippen LogP contribution in [0.3, 0.4) is 0 Å². The summed E-state index contributed by atoms with van der Waals surface area (Å²) in [6, 6.07) is 7.54. The van der Waals surface area contributed by atoms with Gasteiger partial charge in [0.25, 0.3) is 0 Å². The Labute approximate surface area is 111 Å². The molecule has 0 bridgehead atoms. The summed E-state index contributed by atoms with van der Waals surface area (Å²) in [7, 11) is 0. The van der Waals surface area contributed by atoms with Crippen molar-refractivity contribution in [1.82, 2.24) is 0 Å². The number of anilines is 2. The zero-order valence-electron chi connectivity index (χ0n) is 10.6. The van der Waals surface area contributed by atoms with Crippen LogP contribution in [0.4, 0.5) is 11.4 Å². The molecule has 1 heterocycles. The monoisotopic (exact) mass is 256 g/mol. The number of benzene rings is 1. The molecule has 2 aliphatic carbocycles. The molecule has 1 aliphatic heterocycles. The molecule has 3 aliphatic rings. The lowest BCUT2D eigenvalue weighted by Gasteiger charge is -2.29. The number of hydrogen-bond acceptors (Lipinski definition) is 2. The standard InChI is InChI=1S/C15H16N2O2/c18-13-8-17(12-7-2-1-6-11(12)16-13)15(19)14-9-4-3-5-10(9)14/h1-2,6-7,9-10,14H,3-5,8H2,(H,16,18). The Kier molecular flexibility index (Phi) is 2.22. The number of para-hydroxylation sites is 2. The third kappa shape index (κ3) is 1.59. The van der Waals surface area contributed by atoms with Crippen LogP contribution in [-0.4, -0.2) is 18.4 Å². The first-order chi connectivity index (χ1) is 9.25. The van der Waals surface area contributed by atoms with Gasteiger partial charge in [-0.2, -0.15) is 0 Å². The maximum Gasteiger partial charge on any atom is 0.244 e. The van der Waals surface area contributed by atoms with Crippen LogP contribution in [-0.2, 0) is 9.59 Å². The first kappa shape index (κ1) is 11.0. The van der Waals surface area contributed by atoms with E-state index in [9.17, 15) is 9.59 Å². The SMILES string of the molecule is O=C1CN(C(=O)C2C3CCCC32)c2ccccc2N1. The van der Waals surface area contributed by atoms with Crippen molar-refractivity contribution < 1.29 is 9.59 Å². The van der Waals surface area contributed by atoms with Crippen molar-refractivity contribution >= 4 is 23.2 Å². The van der Waals surface area contributed by atoms with Crippen LogP contribution in [0.1, 0.15) is 19.3 Å². The second-order valence-corrected chi connectivity index (χ2v) is 5.77. The van der Waals surface area contributed by atoms with Gasteiger partial charge in [0.2, 0.25) is 11.8 Å². The van der Waals surface area contributed by atoms with E-state index in [1.807, 2.05) is 24.3 Å². The normalized spacial score (nSPS) is 31.5. The van der Waals surface area contributed by atoms with Crippen LogP contribution in [0.15, 0.2) is 24.3 Å². The minimum absolute atomic E-state index is 0.0992. The summed E-state index contributed by atoms with van der Waals surface area (Å²) >= 11 is 0. The largest absolute Gasteiger partial charge is 0.323 e. The van der Waals surface area contributed by atoms with Crippen LogP contribution in [0.2, 0.25) is 0 Å². The number of rotatable bonds is 1.